The van der Waals surface area contributed by atoms with Crippen LogP contribution in [0.4, 0.5) is 0 Å². The number of carboxylic acids is 1. The molecule has 0 aromatic heterocycles. The minimum absolute atomic E-state index is 0.194. The maximum Gasteiger partial charge on any atom is 0.306 e. The summed E-state index contributed by atoms with van der Waals surface area (Å²) in [5, 5.41) is 9.51. The molecular formula is C33H64O3. The third kappa shape index (κ3) is 22.3. The molecule has 36 heavy (non-hydrogen) atoms. The summed E-state index contributed by atoms with van der Waals surface area (Å²) in [7, 11) is 0. The van der Waals surface area contributed by atoms with E-state index in [2.05, 4.69) is 13.8 Å². The van der Waals surface area contributed by atoms with Crippen LogP contribution in [0, 0.1) is 11.8 Å². The van der Waals surface area contributed by atoms with Gasteiger partial charge in [-0.25, -0.2) is 0 Å². The Balaban J connectivity index is 3.84. The van der Waals surface area contributed by atoms with Crippen LogP contribution in [0.1, 0.15) is 188 Å². The van der Waals surface area contributed by atoms with Crippen LogP contribution in [0.2, 0.25) is 0 Å². The standard InChI is InChI=1S/C33H64O3/c1-4-6-8-10-12-14-16-17-19-21-23-25-27-29-32(34)31(30(3)33(35)36)28-26-24-22-20-18-15-13-11-9-7-5-2/h30-31H,4-29H2,1-3H3,(H,35,36). The number of aliphatic carboxylic acids is 1. The van der Waals surface area contributed by atoms with E-state index in [0.29, 0.717) is 6.42 Å². The fraction of sp³-hybridized carbons (Fsp3) is 0.939. The summed E-state index contributed by atoms with van der Waals surface area (Å²) in [6.07, 6.45) is 32.3. The smallest absolute Gasteiger partial charge is 0.306 e. The van der Waals surface area contributed by atoms with Crippen LogP contribution in [0.5, 0.6) is 0 Å². The number of ketones is 1. The number of carboxylic acid groups (broad SMARTS) is 1. The quantitative estimate of drug-likeness (QED) is 0.102. The van der Waals surface area contributed by atoms with Crippen molar-refractivity contribution in [2.45, 2.75) is 188 Å². The van der Waals surface area contributed by atoms with Crippen LogP contribution in [-0.4, -0.2) is 16.9 Å². The maximum absolute atomic E-state index is 12.8. The number of unbranched alkanes of at least 4 members (excludes halogenated alkanes) is 22. The molecule has 1 N–H and O–H groups in total. The van der Waals surface area contributed by atoms with Crippen molar-refractivity contribution in [2.24, 2.45) is 11.8 Å². The molecule has 0 aliphatic rings. The van der Waals surface area contributed by atoms with Gasteiger partial charge in [0, 0.05) is 12.3 Å². The van der Waals surface area contributed by atoms with E-state index in [9.17, 15) is 14.7 Å². The van der Waals surface area contributed by atoms with Crippen molar-refractivity contribution in [2.75, 3.05) is 0 Å². The van der Waals surface area contributed by atoms with Gasteiger partial charge < -0.3 is 5.11 Å². The molecular weight excluding hydrogens is 444 g/mol. The van der Waals surface area contributed by atoms with E-state index in [-0.39, 0.29) is 11.7 Å². The first-order valence-corrected chi connectivity index (χ1v) is 16.3. The van der Waals surface area contributed by atoms with Gasteiger partial charge in [0.15, 0.2) is 0 Å². The van der Waals surface area contributed by atoms with Crippen LogP contribution in [0.3, 0.4) is 0 Å². The zero-order valence-electron chi connectivity index (χ0n) is 24.8. The van der Waals surface area contributed by atoms with E-state index < -0.39 is 11.9 Å². The second-order valence-electron chi connectivity index (χ2n) is 11.5. The summed E-state index contributed by atoms with van der Waals surface area (Å²) in [5.41, 5.74) is 0. The van der Waals surface area contributed by atoms with Crippen molar-refractivity contribution in [3.05, 3.63) is 0 Å². The van der Waals surface area contributed by atoms with Gasteiger partial charge in [0.25, 0.3) is 0 Å². The van der Waals surface area contributed by atoms with Crippen LogP contribution >= 0.6 is 0 Å². The molecule has 2 unspecified atom stereocenters. The summed E-state index contributed by atoms with van der Waals surface area (Å²) >= 11 is 0. The maximum atomic E-state index is 12.8. The molecule has 0 spiro atoms. The predicted octanol–water partition coefficient (Wildman–Crippen LogP) is 11.1. The van der Waals surface area contributed by atoms with E-state index >= 15 is 0 Å². The van der Waals surface area contributed by atoms with Crippen molar-refractivity contribution >= 4 is 11.8 Å². The van der Waals surface area contributed by atoms with Crippen molar-refractivity contribution in [1.29, 1.82) is 0 Å². The third-order valence-electron chi connectivity index (χ3n) is 8.05. The Kier molecular flexibility index (Phi) is 26.5. The van der Waals surface area contributed by atoms with Crippen LogP contribution in [-0.2, 0) is 9.59 Å². The number of rotatable bonds is 29. The molecule has 0 radical (unpaired) electrons. The number of hydrogen-bond donors (Lipinski definition) is 1. The molecule has 0 fully saturated rings. The zero-order valence-corrected chi connectivity index (χ0v) is 24.8. The Labute approximate surface area is 226 Å². The van der Waals surface area contributed by atoms with E-state index in [1.54, 1.807) is 6.92 Å². The molecule has 0 heterocycles. The van der Waals surface area contributed by atoms with Crippen LogP contribution in [0.15, 0.2) is 0 Å². The third-order valence-corrected chi connectivity index (χ3v) is 8.05. The summed E-state index contributed by atoms with van der Waals surface area (Å²) in [5.74, 6) is -1.47. The van der Waals surface area contributed by atoms with Gasteiger partial charge in [-0.3, -0.25) is 9.59 Å². The number of hydrogen-bond acceptors (Lipinski definition) is 2. The molecule has 3 nitrogen and oxygen atoms in total. The minimum atomic E-state index is -0.818. The first-order chi connectivity index (χ1) is 17.5. The monoisotopic (exact) mass is 508 g/mol. The molecule has 0 amide bonds. The molecule has 0 aromatic rings. The molecule has 0 saturated carbocycles. The largest absolute Gasteiger partial charge is 0.481 e. The van der Waals surface area contributed by atoms with Crippen molar-refractivity contribution in [3.63, 3.8) is 0 Å². The van der Waals surface area contributed by atoms with Gasteiger partial charge in [-0.1, -0.05) is 168 Å². The highest BCUT2D eigenvalue weighted by Gasteiger charge is 2.28. The van der Waals surface area contributed by atoms with Gasteiger partial charge in [0.05, 0.1) is 5.92 Å². The minimum Gasteiger partial charge on any atom is -0.481 e. The normalized spacial score (nSPS) is 13.1. The van der Waals surface area contributed by atoms with E-state index in [4.69, 9.17) is 0 Å². The Hall–Kier alpha value is -0.860. The Bertz CT molecular complexity index is 487. The molecule has 0 aliphatic heterocycles. The topological polar surface area (TPSA) is 54.4 Å². The fourth-order valence-electron chi connectivity index (χ4n) is 5.39. The van der Waals surface area contributed by atoms with Crippen molar-refractivity contribution < 1.29 is 14.7 Å². The summed E-state index contributed by atoms with van der Waals surface area (Å²) in [6.45, 7) is 6.26. The van der Waals surface area contributed by atoms with Gasteiger partial charge in [-0.05, 0) is 12.8 Å². The molecule has 3 heteroatoms. The van der Waals surface area contributed by atoms with Gasteiger partial charge in [-0.2, -0.15) is 0 Å². The lowest BCUT2D eigenvalue weighted by molar-refractivity contribution is -0.146. The molecule has 0 bridgehead atoms. The van der Waals surface area contributed by atoms with Crippen molar-refractivity contribution in [3.8, 4) is 0 Å². The SMILES string of the molecule is CCCCCCCCCCCCCCCC(=O)C(CCCCCCCCCCCCC)C(C)C(=O)O. The Morgan fingerprint density at radius 1 is 0.500 bits per heavy atom. The van der Waals surface area contributed by atoms with Crippen molar-refractivity contribution in [1.82, 2.24) is 0 Å². The van der Waals surface area contributed by atoms with E-state index in [1.807, 2.05) is 0 Å². The fourth-order valence-corrected chi connectivity index (χ4v) is 5.39. The number of carbonyl (C=O) groups is 2. The highest BCUT2D eigenvalue weighted by Crippen LogP contribution is 2.24. The van der Waals surface area contributed by atoms with Crippen LogP contribution < -0.4 is 0 Å². The number of carbonyl (C=O) groups excluding carboxylic acids is 1. The average Bonchev–Trinajstić information content (AvgIpc) is 2.87. The Morgan fingerprint density at radius 3 is 1.14 bits per heavy atom. The highest BCUT2D eigenvalue weighted by molar-refractivity contribution is 5.86. The molecule has 0 aliphatic carbocycles. The second kappa shape index (κ2) is 27.2. The van der Waals surface area contributed by atoms with E-state index in [0.717, 1.165) is 32.1 Å². The summed E-state index contributed by atoms with van der Waals surface area (Å²) in [4.78, 5) is 24.4. The summed E-state index contributed by atoms with van der Waals surface area (Å²) < 4.78 is 0. The lowest BCUT2D eigenvalue weighted by Gasteiger charge is -2.20. The highest BCUT2D eigenvalue weighted by atomic mass is 16.4. The van der Waals surface area contributed by atoms with Gasteiger partial charge in [0.1, 0.15) is 5.78 Å². The predicted molar refractivity (Wildman–Crippen MR) is 157 cm³/mol. The molecule has 0 saturated heterocycles. The van der Waals surface area contributed by atoms with Gasteiger partial charge in [0.2, 0.25) is 0 Å². The molecule has 0 rings (SSSR count). The van der Waals surface area contributed by atoms with Gasteiger partial charge >= 0.3 is 5.97 Å². The van der Waals surface area contributed by atoms with Crippen LogP contribution in [0.25, 0.3) is 0 Å². The molecule has 0 aromatic carbocycles. The number of Topliss-reactive ketones (excluding diaryl/α,β-unsaturated/α-hetero) is 1. The van der Waals surface area contributed by atoms with E-state index in [1.165, 1.54) is 128 Å². The molecule has 2 atom stereocenters. The zero-order chi connectivity index (χ0) is 26.7. The van der Waals surface area contributed by atoms with Gasteiger partial charge in [-0.15, -0.1) is 0 Å². The molecule has 214 valence electrons. The summed E-state index contributed by atoms with van der Waals surface area (Å²) in [6, 6.07) is 0. The second-order valence-corrected chi connectivity index (χ2v) is 11.5. The average molecular weight is 509 g/mol. The first-order valence-electron chi connectivity index (χ1n) is 16.3. The first kappa shape index (κ1) is 35.1. The lowest BCUT2D eigenvalue weighted by Crippen LogP contribution is -2.27. The Morgan fingerprint density at radius 2 is 0.806 bits per heavy atom. The lowest BCUT2D eigenvalue weighted by atomic mass is 9.83.